The van der Waals surface area contributed by atoms with E-state index < -0.39 is 0 Å². The van der Waals surface area contributed by atoms with E-state index in [1.807, 2.05) is 30.3 Å². The van der Waals surface area contributed by atoms with E-state index in [1.54, 1.807) is 4.90 Å². The van der Waals surface area contributed by atoms with Gasteiger partial charge in [-0.3, -0.25) is 4.79 Å². The van der Waals surface area contributed by atoms with Crippen molar-refractivity contribution >= 4 is 5.91 Å². The highest BCUT2D eigenvalue weighted by Crippen LogP contribution is 2.25. The van der Waals surface area contributed by atoms with Gasteiger partial charge in [0.05, 0.1) is 0 Å². The van der Waals surface area contributed by atoms with Crippen molar-refractivity contribution in [3.05, 3.63) is 71.9 Å². The fourth-order valence-electron chi connectivity index (χ4n) is 3.00. The van der Waals surface area contributed by atoms with E-state index in [9.17, 15) is 9.18 Å². The molecule has 1 saturated heterocycles. The molecule has 0 bridgehead atoms. The normalized spacial score (nSPS) is 17.3. The van der Waals surface area contributed by atoms with E-state index in [-0.39, 0.29) is 17.8 Å². The molecule has 6 nitrogen and oxygen atoms in total. The molecule has 0 radical (unpaired) electrons. The van der Waals surface area contributed by atoms with Crippen LogP contribution < -0.4 is 5.32 Å². The van der Waals surface area contributed by atoms with Crippen molar-refractivity contribution in [3.63, 3.8) is 0 Å². The smallest absolute Gasteiger partial charge is 0.254 e. The van der Waals surface area contributed by atoms with Crippen LogP contribution in [-0.4, -0.2) is 40.6 Å². The summed E-state index contributed by atoms with van der Waals surface area (Å²) in [4.78, 5) is 19.0. The van der Waals surface area contributed by atoms with Crippen LogP contribution in [0.2, 0.25) is 0 Å². The number of hydrogen-bond acceptors (Lipinski definition) is 5. The molecule has 0 aliphatic carbocycles. The summed E-state index contributed by atoms with van der Waals surface area (Å²) >= 11 is 0. The Bertz CT molecular complexity index is 895. The van der Waals surface area contributed by atoms with E-state index in [1.165, 1.54) is 24.3 Å². The highest BCUT2D eigenvalue weighted by atomic mass is 19.1. The molecule has 1 N–H and O–H groups in total. The Labute approximate surface area is 149 Å². The van der Waals surface area contributed by atoms with Crippen molar-refractivity contribution in [2.24, 2.45) is 0 Å². The molecule has 2 aromatic carbocycles. The molecule has 1 amide bonds. The third-order valence-corrected chi connectivity index (χ3v) is 4.35. The molecule has 1 unspecified atom stereocenters. The first-order valence-corrected chi connectivity index (χ1v) is 8.38. The predicted octanol–water partition coefficient (Wildman–Crippen LogP) is 2.66. The second-order valence-corrected chi connectivity index (χ2v) is 6.05. The van der Waals surface area contributed by atoms with Gasteiger partial charge in [-0.25, -0.2) is 4.39 Å². The molecular weight excluding hydrogens is 335 g/mol. The molecule has 4 rings (SSSR count). The average Bonchev–Trinajstić information content (AvgIpc) is 3.19. The highest BCUT2D eigenvalue weighted by Gasteiger charge is 2.32. The Balaban J connectivity index is 1.61. The van der Waals surface area contributed by atoms with Gasteiger partial charge in [-0.1, -0.05) is 35.5 Å². The van der Waals surface area contributed by atoms with Gasteiger partial charge in [-0.2, -0.15) is 4.98 Å². The second-order valence-electron chi connectivity index (χ2n) is 6.05. The first kappa shape index (κ1) is 16.4. The first-order chi connectivity index (χ1) is 12.7. The summed E-state index contributed by atoms with van der Waals surface area (Å²) in [6.45, 7) is 1.69. The zero-order valence-electron chi connectivity index (χ0n) is 13.9. The number of carbonyl (C=O) groups is 1. The van der Waals surface area contributed by atoms with Crippen molar-refractivity contribution in [3.8, 4) is 11.4 Å². The van der Waals surface area contributed by atoms with Crippen LogP contribution in [0.5, 0.6) is 0 Å². The summed E-state index contributed by atoms with van der Waals surface area (Å²) in [7, 11) is 0. The number of piperazine rings is 1. The van der Waals surface area contributed by atoms with Crippen molar-refractivity contribution < 1.29 is 13.7 Å². The van der Waals surface area contributed by atoms with Crippen molar-refractivity contribution in [2.45, 2.75) is 6.04 Å². The average molecular weight is 352 g/mol. The molecule has 1 aromatic heterocycles. The molecule has 1 fully saturated rings. The minimum atomic E-state index is -0.372. The fourth-order valence-corrected chi connectivity index (χ4v) is 3.00. The fraction of sp³-hybridized carbons (Fsp3) is 0.211. The molecule has 26 heavy (non-hydrogen) atoms. The molecule has 1 atom stereocenters. The summed E-state index contributed by atoms with van der Waals surface area (Å²) in [6.07, 6.45) is 0. The highest BCUT2D eigenvalue weighted by molar-refractivity contribution is 5.94. The minimum Gasteiger partial charge on any atom is -0.337 e. The van der Waals surface area contributed by atoms with Gasteiger partial charge in [-0.15, -0.1) is 0 Å². The lowest BCUT2D eigenvalue weighted by Crippen LogP contribution is -2.48. The van der Waals surface area contributed by atoms with Crippen molar-refractivity contribution in [1.82, 2.24) is 20.4 Å². The predicted molar refractivity (Wildman–Crippen MR) is 92.8 cm³/mol. The summed E-state index contributed by atoms with van der Waals surface area (Å²) in [6, 6.07) is 14.7. The maximum Gasteiger partial charge on any atom is 0.254 e. The summed E-state index contributed by atoms with van der Waals surface area (Å²) in [5.41, 5.74) is 1.28. The third-order valence-electron chi connectivity index (χ3n) is 4.35. The molecular formula is C19H17FN4O2. The van der Waals surface area contributed by atoms with Gasteiger partial charge in [0.25, 0.3) is 11.8 Å². The van der Waals surface area contributed by atoms with E-state index in [0.29, 0.717) is 36.9 Å². The van der Waals surface area contributed by atoms with Gasteiger partial charge in [0.2, 0.25) is 5.82 Å². The Hall–Kier alpha value is -3.06. The van der Waals surface area contributed by atoms with E-state index in [4.69, 9.17) is 4.52 Å². The summed E-state index contributed by atoms with van der Waals surface area (Å²) in [5, 5.41) is 7.28. The molecule has 2 heterocycles. The number of amides is 1. The van der Waals surface area contributed by atoms with Crippen LogP contribution in [-0.2, 0) is 0 Å². The van der Waals surface area contributed by atoms with Gasteiger partial charge in [0.15, 0.2) is 0 Å². The van der Waals surface area contributed by atoms with Crippen LogP contribution in [0.3, 0.4) is 0 Å². The zero-order valence-corrected chi connectivity index (χ0v) is 13.9. The third kappa shape index (κ3) is 3.21. The maximum absolute atomic E-state index is 13.1. The van der Waals surface area contributed by atoms with E-state index in [2.05, 4.69) is 15.5 Å². The Morgan fingerprint density at radius 3 is 2.69 bits per heavy atom. The number of nitrogens with one attached hydrogen (secondary N) is 1. The Kier molecular flexibility index (Phi) is 4.45. The number of hydrogen-bond donors (Lipinski definition) is 1. The lowest BCUT2D eigenvalue weighted by atomic mass is 10.1. The lowest BCUT2D eigenvalue weighted by Gasteiger charge is -2.34. The maximum atomic E-state index is 13.1. The quantitative estimate of drug-likeness (QED) is 0.785. The van der Waals surface area contributed by atoms with Crippen LogP contribution in [0.1, 0.15) is 22.3 Å². The molecule has 0 spiro atoms. The number of benzene rings is 2. The second kappa shape index (κ2) is 7.05. The zero-order chi connectivity index (χ0) is 17.9. The lowest BCUT2D eigenvalue weighted by molar-refractivity contribution is 0.0589. The molecule has 7 heteroatoms. The van der Waals surface area contributed by atoms with E-state index >= 15 is 0 Å². The first-order valence-electron chi connectivity index (χ1n) is 8.38. The van der Waals surface area contributed by atoms with Crippen LogP contribution in [0.25, 0.3) is 11.4 Å². The van der Waals surface area contributed by atoms with Gasteiger partial charge in [0, 0.05) is 30.8 Å². The van der Waals surface area contributed by atoms with Crippen LogP contribution in [0.4, 0.5) is 4.39 Å². The van der Waals surface area contributed by atoms with Crippen molar-refractivity contribution in [1.29, 1.82) is 0 Å². The van der Waals surface area contributed by atoms with Crippen LogP contribution in [0.15, 0.2) is 59.1 Å². The van der Waals surface area contributed by atoms with Crippen molar-refractivity contribution in [2.75, 3.05) is 19.6 Å². The molecule has 0 saturated carbocycles. The standard InChI is InChI=1S/C19H17FN4O2/c20-15-8-6-14(7-9-15)19(25)24-11-10-21-12-16(24)18-22-17(23-26-18)13-4-2-1-3-5-13/h1-9,16,21H,10-12H2. The van der Waals surface area contributed by atoms with Gasteiger partial charge in [0.1, 0.15) is 11.9 Å². The minimum absolute atomic E-state index is 0.184. The SMILES string of the molecule is O=C(c1ccc(F)cc1)N1CCNCC1c1nc(-c2ccccc2)no1. The Morgan fingerprint density at radius 2 is 1.92 bits per heavy atom. The van der Waals surface area contributed by atoms with Crippen LogP contribution in [0, 0.1) is 5.82 Å². The van der Waals surface area contributed by atoms with E-state index in [0.717, 1.165) is 5.56 Å². The van der Waals surface area contributed by atoms with Crippen LogP contribution >= 0.6 is 0 Å². The molecule has 3 aromatic rings. The topological polar surface area (TPSA) is 71.3 Å². The summed E-state index contributed by atoms with van der Waals surface area (Å²) in [5.74, 6) is 0.311. The number of aromatic nitrogens is 2. The Morgan fingerprint density at radius 1 is 1.15 bits per heavy atom. The molecule has 132 valence electrons. The number of halogens is 1. The molecule has 1 aliphatic heterocycles. The van der Waals surface area contributed by atoms with Gasteiger partial charge < -0.3 is 14.7 Å². The monoisotopic (exact) mass is 352 g/mol. The summed E-state index contributed by atoms with van der Waals surface area (Å²) < 4.78 is 18.6. The van der Waals surface area contributed by atoms with Gasteiger partial charge >= 0.3 is 0 Å². The number of carbonyl (C=O) groups excluding carboxylic acids is 1. The number of rotatable bonds is 3. The largest absolute Gasteiger partial charge is 0.337 e. The molecule has 1 aliphatic rings. The van der Waals surface area contributed by atoms with Gasteiger partial charge in [-0.05, 0) is 24.3 Å². The number of nitrogens with zero attached hydrogens (tertiary/aromatic N) is 3.